The number of nitrogens with one attached hydrogen (secondary N) is 3. The molecule has 0 aromatic heterocycles. The zero-order valence-electron chi connectivity index (χ0n) is 13.9. The SMILES string of the molecule is CC1=C(NC(=O)c2ccc(Cl)cc2)[C@@H](c2ccc(C)cc2)NC(=O)N1. The Labute approximate surface area is 151 Å². The van der Waals surface area contributed by atoms with Crippen molar-refractivity contribution >= 4 is 23.5 Å². The molecule has 0 radical (unpaired) electrons. The zero-order chi connectivity index (χ0) is 18.0. The maximum atomic E-state index is 12.6. The molecule has 2 aromatic rings. The molecule has 0 aliphatic carbocycles. The standard InChI is InChI=1S/C19H18ClN3O2/c1-11-3-5-13(6-4-11)17-16(12(2)21-19(25)23-17)22-18(24)14-7-9-15(20)10-8-14/h3-10,17H,1-2H3,(H,22,24)(H2,21,23,25)/t17-/m1/s1. The van der Waals surface area contributed by atoms with Gasteiger partial charge in [0.05, 0.1) is 11.7 Å². The van der Waals surface area contributed by atoms with Crippen LogP contribution >= 0.6 is 11.6 Å². The second-order valence-corrected chi connectivity index (χ2v) is 6.38. The van der Waals surface area contributed by atoms with Crippen molar-refractivity contribution in [3.63, 3.8) is 0 Å². The molecule has 0 spiro atoms. The van der Waals surface area contributed by atoms with Crippen LogP contribution in [-0.2, 0) is 0 Å². The third-order valence-electron chi connectivity index (χ3n) is 4.03. The molecule has 1 heterocycles. The summed E-state index contributed by atoms with van der Waals surface area (Å²) in [4.78, 5) is 24.4. The van der Waals surface area contributed by atoms with E-state index in [4.69, 9.17) is 11.6 Å². The highest BCUT2D eigenvalue weighted by molar-refractivity contribution is 6.30. The summed E-state index contributed by atoms with van der Waals surface area (Å²) < 4.78 is 0. The molecule has 1 aliphatic rings. The van der Waals surface area contributed by atoms with Crippen molar-refractivity contribution in [1.29, 1.82) is 0 Å². The number of carbonyl (C=O) groups excluding carboxylic acids is 2. The van der Waals surface area contributed by atoms with E-state index >= 15 is 0 Å². The summed E-state index contributed by atoms with van der Waals surface area (Å²) in [7, 11) is 0. The summed E-state index contributed by atoms with van der Waals surface area (Å²) in [5.41, 5.74) is 3.73. The van der Waals surface area contributed by atoms with Gasteiger partial charge in [-0.25, -0.2) is 4.79 Å². The lowest BCUT2D eigenvalue weighted by molar-refractivity contribution is 0.0961. The van der Waals surface area contributed by atoms with E-state index in [2.05, 4.69) is 16.0 Å². The maximum absolute atomic E-state index is 12.6. The number of halogens is 1. The number of amides is 3. The van der Waals surface area contributed by atoms with Crippen molar-refractivity contribution in [2.45, 2.75) is 19.9 Å². The van der Waals surface area contributed by atoms with Gasteiger partial charge in [0.2, 0.25) is 0 Å². The van der Waals surface area contributed by atoms with Gasteiger partial charge in [-0.2, -0.15) is 0 Å². The van der Waals surface area contributed by atoms with E-state index in [9.17, 15) is 9.59 Å². The van der Waals surface area contributed by atoms with Gasteiger partial charge in [-0.15, -0.1) is 0 Å². The van der Waals surface area contributed by atoms with Crippen molar-refractivity contribution < 1.29 is 9.59 Å². The molecule has 0 unspecified atom stereocenters. The van der Waals surface area contributed by atoms with Crippen LogP contribution in [0.2, 0.25) is 5.02 Å². The molecule has 128 valence electrons. The summed E-state index contributed by atoms with van der Waals surface area (Å²) in [6.07, 6.45) is 0. The zero-order valence-corrected chi connectivity index (χ0v) is 14.6. The second-order valence-electron chi connectivity index (χ2n) is 5.94. The number of allylic oxidation sites excluding steroid dienone is 1. The quantitative estimate of drug-likeness (QED) is 0.786. The van der Waals surface area contributed by atoms with Crippen molar-refractivity contribution in [3.05, 3.63) is 81.6 Å². The molecule has 0 saturated carbocycles. The highest BCUT2D eigenvalue weighted by atomic mass is 35.5. The van der Waals surface area contributed by atoms with E-state index in [0.29, 0.717) is 22.0 Å². The van der Waals surface area contributed by atoms with Crippen LogP contribution in [-0.4, -0.2) is 11.9 Å². The van der Waals surface area contributed by atoms with Gasteiger partial charge in [-0.1, -0.05) is 41.4 Å². The van der Waals surface area contributed by atoms with E-state index in [1.54, 1.807) is 31.2 Å². The predicted octanol–water partition coefficient (Wildman–Crippen LogP) is 3.66. The van der Waals surface area contributed by atoms with Gasteiger partial charge in [0.25, 0.3) is 5.91 Å². The topological polar surface area (TPSA) is 70.2 Å². The van der Waals surface area contributed by atoms with Crippen LogP contribution in [0.15, 0.2) is 59.9 Å². The number of carbonyl (C=O) groups is 2. The molecule has 2 aromatic carbocycles. The summed E-state index contributed by atoms with van der Waals surface area (Å²) in [5.74, 6) is -0.263. The van der Waals surface area contributed by atoms with Gasteiger partial charge in [0.15, 0.2) is 0 Å². The van der Waals surface area contributed by atoms with Gasteiger partial charge >= 0.3 is 6.03 Å². The monoisotopic (exact) mass is 355 g/mol. The highest BCUT2D eigenvalue weighted by Gasteiger charge is 2.28. The van der Waals surface area contributed by atoms with Crippen LogP contribution in [0.5, 0.6) is 0 Å². The lowest BCUT2D eigenvalue weighted by atomic mass is 9.99. The molecule has 25 heavy (non-hydrogen) atoms. The fourth-order valence-electron chi connectivity index (χ4n) is 2.66. The normalized spacial score (nSPS) is 16.9. The van der Waals surface area contributed by atoms with Gasteiger partial charge in [-0.3, -0.25) is 4.79 Å². The fraction of sp³-hybridized carbons (Fsp3) is 0.158. The minimum atomic E-state index is -0.425. The van der Waals surface area contributed by atoms with Gasteiger partial charge < -0.3 is 16.0 Å². The summed E-state index contributed by atoms with van der Waals surface area (Å²) in [5, 5.41) is 9.03. The smallest absolute Gasteiger partial charge is 0.319 e. The predicted molar refractivity (Wildman–Crippen MR) is 97.2 cm³/mol. The maximum Gasteiger partial charge on any atom is 0.319 e. The molecule has 3 rings (SSSR count). The lowest BCUT2D eigenvalue weighted by Gasteiger charge is -2.29. The van der Waals surface area contributed by atoms with Crippen LogP contribution in [0.25, 0.3) is 0 Å². The van der Waals surface area contributed by atoms with Gasteiger partial charge in [0, 0.05) is 16.3 Å². The Morgan fingerprint density at radius 3 is 2.32 bits per heavy atom. The van der Waals surface area contributed by atoms with E-state index in [1.807, 2.05) is 31.2 Å². The molecule has 3 amide bonds. The summed E-state index contributed by atoms with van der Waals surface area (Å²) in [6, 6.07) is 13.7. The minimum Gasteiger partial charge on any atom is -0.325 e. The van der Waals surface area contributed by atoms with E-state index < -0.39 is 6.04 Å². The third kappa shape index (κ3) is 3.83. The number of rotatable bonds is 3. The van der Waals surface area contributed by atoms with Crippen LogP contribution in [0.4, 0.5) is 4.79 Å². The number of hydrogen-bond acceptors (Lipinski definition) is 2. The number of urea groups is 1. The van der Waals surface area contributed by atoms with Gasteiger partial charge in [-0.05, 0) is 43.7 Å². The molecule has 0 saturated heterocycles. The van der Waals surface area contributed by atoms with E-state index in [-0.39, 0.29) is 11.9 Å². The minimum absolute atomic E-state index is 0.263. The first-order valence-electron chi connectivity index (χ1n) is 7.86. The average molecular weight is 356 g/mol. The Morgan fingerprint density at radius 1 is 1.04 bits per heavy atom. The molecule has 5 nitrogen and oxygen atoms in total. The second kappa shape index (κ2) is 6.99. The molecule has 3 N–H and O–H groups in total. The molecular weight excluding hydrogens is 338 g/mol. The Kier molecular flexibility index (Phi) is 4.76. The molecular formula is C19H18ClN3O2. The lowest BCUT2D eigenvalue weighted by Crippen LogP contribution is -2.47. The van der Waals surface area contributed by atoms with Crippen molar-refractivity contribution in [1.82, 2.24) is 16.0 Å². The van der Waals surface area contributed by atoms with E-state index in [1.165, 1.54) is 0 Å². The molecule has 1 atom stereocenters. The van der Waals surface area contributed by atoms with Crippen LogP contribution in [0.3, 0.4) is 0 Å². The average Bonchev–Trinajstić information content (AvgIpc) is 2.58. The first-order chi connectivity index (χ1) is 11.9. The summed E-state index contributed by atoms with van der Waals surface area (Å²) in [6.45, 7) is 3.76. The van der Waals surface area contributed by atoms with Crippen molar-refractivity contribution in [3.8, 4) is 0 Å². The Balaban J connectivity index is 1.91. The number of hydrogen-bond donors (Lipinski definition) is 3. The van der Waals surface area contributed by atoms with E-state index in [0.717, 1.165) is 11.1 Å². The molecule has 1 aliphatic heterocycles. The number of aryl methyl sites for hydroxylation is 1. The van der Waals surface area contributed by atoms with Gasteiger partial charge in [0.1, 0.15) is 0 Å². The Morgan fingerprint density at radius 2 is 1.68 bits per heavy atom. The fourth-order valence-corrected chi connectivity index (χ4v) is 2.79. The molecule has 6 heteroatoms. The largest absolute Gasteiger partial charge is 0.325 e. The first-order valence-corrected chi connectivity index (χ1v) is 8.23. The van der Waals surface area contributed by atoms with Crippen LogP contribution in [0.1, 0.15) is 34.5 Å². The first kappa shape index (κ1) is 17.0. The third-order valence-corrected chi connectivity index (χ3v) is 4.29. The van der Waals surface area contributed by atoms with Crippen molar-refractivity contribution in [2.24, 2.45) is 0 Å². The van der Waals surface area contributed by atoms with Crippen LogP contribution < -0.4 is 16.0 Å². The van der Waals surface area contributed by atoms with Crippen LogP contribution in [0, 0.1) is 6.92 Å². The highest BCUT2D eigenvalue weighted by Crippen LogP contribution is 2.25. The Bertz CT molecular complexity index is 842. The molecule has 0 bridgehead atoms. The Hall–Kier alpha value is -2.79. The number of benzene rings is 2. The van der Waals surface area contributed by atoms with Crippen molar-refractivity contribution in [2.75, 3.05) is 0 Å². The molecule has 0 fully saturated rings. The summed E-state index contributed by atoms with van der Waals surface area (Å²) >= 11 is 5.86.